The van der Waals surface area contributed by atoms with Gasteiger partial charge < -0.3 is 15.8 Å². The average Bonchev–Trinajstić information content (AvgIpc) is 3.10. The molecule has 0 unspecified atom stereocenters. The molecule has 1 aliphatic heterocycles. The molecule has 1 saturated heterocycles. The quantitative estimate of drug-likeness (QED) is 0.592. The Kier molecular flexibility index (Phi) is 5.34. The van der Waals surface area contributed by atoms with E-state index in [-0.39, 0.29) is 17.4 Å². The average molecular weight is 423 g/mol. The van der Waals surface area contributed by atoms with E-state index in [1.54, 1.807) is 12.3 Å². The zero-order valence-electron chi connectivity index (χ0n) is 14.7. The first-order valence-corrected chi connectivity index (χ1v) is 9.42. The van der Waals surface area contributed by atoms with Gasteiger partial charge in [-0.3, -0.25) is 0 Å². The molecule has 0 radical (unpaired) electrons. The number of nitrogens with zero attached hydrogens (tertiary/aromatic N) is 4. The van der Waals surface area contributed by atoms with Gasteiger partial charge in [0.15, 0.2) is 11.6 Å². The van der Waals surface area contributed by atoms with E-state index < -0.39 is 5.82 Å². The SMILES string of the molecule is Nc1ncc(-c2cn(C3CNC3)nn2)cc1OCCc1c(Cl)ccc(F)c1Cl. The van der Waals surface area contributed by atoms with Gasteiger partial charge in [0.2, 0.25) is 0 Å². The third-order valence-electron chi connectivity index (χ3n) is 4.57. The number of anilines is 1. The molecule has 7 nitrogen and oxygen atoms in total. The number of nitrogen functional groups attached to an aromatic ring is 1. The van der Waals surface area contributed by atoms with Crippen molar-refractivity contribution in [3.05, 3.63) is 52.0 Å². The molecule has 0 saturated carbocycles. The molecule has 146 valence electrons. The Morgan fingerprint density at radius 3 is 2.89 bits per heavy atom. The summed E-state index contributed by atoms with van der Waals surface area (Å²) in [6.07, 6.45) is 3.81. The van der Waals surface area contributed by atoms with Crippen molar-refractivity contribution in [2.75, 3.05) is 25.4 Å². The molecule has 3 N–H and O–H groups in total. The Morgan fingerprint density at radius 1 is 1.32 bits per heavy atom. The molecule has 0 amide bonds. The highest BCUT2D eigenvalue weighted by Gasteiger charge is 2.20. The monoisotopic (exact) mass is 422 g/mol. The summed E-state index contributed by atoms with van der Waals surface area (Å²) in [4.78, 5) is 4.17. The molecular weight excluding hydrogens is 406 g/mol. The van der Waals surface area contributed by atoms with E-state index in [0.29, 0.717) is 34.5 Å². The second-order valence-electron chi connectivity index (χ2n) is 6.42. The first-order valence-electron chi connectivity index (χ1n) is 8.66. The minimum absolute atomic E-state index is 0.00181. The molecule has 1 aromatic carbocycles. The maximum atomic E-state index is 13.6. The Morgan fingerprint density at radius 2 is 2.14 bits per heavy atom. The highest BCUT2D eigenvalue weighted by atomic mass is 35.5. The highest BCUT2D eigenvalue weighted by Crippen LogP contribution is 2.29. The normalized spacial score (nSPS) is 14.1. The van der Waals surface area contributed by atoms with E-state index in [4.69, 9.17) is 33.7 Å². The Hall–Kier alpha value is -2.42. The lowest BCUT2D eigenvalue weighted by Gasteiger charge is -2.26. The molecule has 0 bridgehead atoms. The Balaban J connectivity index is 1.47. The van der Waals surface area contributed by atoms with Gasteiger partial charge in [-0.2, -0.15) is 0 Å². The minimum Gasteiger partial charge on any atom is -0.489 e. The lowest BCUT2D eigenvalue weighted by molar-refractivity contribution is 0.313. The van der Waals surface area contributed by atoms with E-state index >= 15 is 0 Å². The summed E-state index contributed by atoms with van der Waals surface area (Å²) >= 11 is 12.1. The van der Waals surface area contributed by atoms with Crippen LogP contribution in [0, 0.1) is 5.82 Å². The van der Waals surface area contributed by atoms with Gasteiger partial charge in [-0.25, -0.2) is 14.1 Å². The minimum atomic E-state index is -0.519. The van der Waals surface area contributed by atoms with Crippen LogP contribution in [0.4, 0.5) is 10.2 Å². The van der Waals surface area contributed by atoms with Crippen LogP contribution in [0.3, 0.4) is 0 Å². The molecule has 3 heterocycles. The number of hydrogen-bond acceptors (Lipinski definition) is 6. The summed E-state index contributed by atoms with van der Waals surface area (Å²) in [5, 5.41) is 11.9. The van der Waals surface area contributed by atoms with Crippen LogP contribution in [0.5, 0.6) is 5.75 Å². The third kappa shape index (κ3) is 3.76. The van der Waals surface area contributed by atoms with Gasteiger partial charge in [-0.1, -0.05) is 28.4 Å². The molecule has 4 rings (SSSR count). The molecule has 2 aromatic heterocycles. The van der Waals surface area contributed by atoms with Crippen LogP contribution in [0.15, 0.2) is 30.6 Å². The van der Waals surface area contributed by atoms with E-state index in [1.165, 1.54) is 12.1 Å². The summed E-state index contributed by atoms with van der Waals surface area (Å²) in [6.45, 7) is 1.96. The van der Waals surface area contributed by atoms with Gasteiger partial charge in [0.1, 0.15) is 11.5 Å². The van der Waals surface area contributed by atoms with E-state index in [2.05, 4.69) is 20.6 Å². The summed E-state index contributed by atoms with van der Waals surface area (Å²) in [5.41, 5.74) is 7.83. The number of ether oxygens (including phenoxy) is 1. The Labute approximate surface area is 170 Å². The van der Waals surface area contributed by atoms with E-state index in [0.717, 1.165) is 18.7 Å². The fourth-order valence-corrected chi connectivity index (χ4v) is 3.38. The fourth-order valence-electron chi connectivity index (χ4n) is 2.82. The van der Waals surface area contributed by atoms with Gasteiger partial charge in [0.25, 0.3) is 0 Å². The number of halogens is 3. The maximum absolute atomic E-state index is 13.6. The van der Waals surface area contributed by atoms with Crippen molar-refractivity contribution in [1.82, 2.24) is 25.3 Å². The second-order valence-corrected chi connectivity index (χ2v) is 7.21. The fraction of sp³-hybridized carbons (Fsp3) is 0.278. The molecule has 0 spiro atoms. The number of hydrogen-bond donors (Lipinski definition) is 2. The van der Waals surface area contributed by atoms with E-state index in [1.807, 2.05) is 10.9 Å². The number of pyridine rings is 1. The number of aromatic nitrogens is 4. The Bertz CT molecular complexity index is 1010. The molecular formula is C18H17Cl2FN6O. The molecule has 1 aliphatic rings. The number of nitrogens with one attached hydrogen (secondary N) is 1. The lowest BCUT2D eigenvalue weighted by Crippen LogP contribution is -2.43. The summed E-state index contributed by atoms with van der Waals surface area (Å²) < 4.78 is 21.2. The van der Waals surface area contributed by atoms with Crippen molar-refractivity contribution in [3.8, 4) is 17.0 Å². The van der Waals surface area contributed by atoms with Crippen LogP contribution in [-0.4, -0.2) is 39.7 Å². The number of benzene rings is 1. The zero-order valence-corrected chi connectivity index (χ0v) is 16.2. The van der Waals surface area contributed by atoms with Crippen LogP contribution >= 0.6 is 23.2 Å². The van der Waals surface area contributed by atoms with Gasteiger partial charge >= 0.3 is 0 Å². The van der Waals surface area contributed by atoms with Gasteiger partial charge in [0, 0.05) is 36.3 Å². The van der Waals surface area contributed by atoms with Gasteiger partial charge in [-0.05, 0) is 23.8 Å². The molecule has 0 atom stereocenters. The van der Waals surface area contributed by atoms with Gasteiger partial charge in [0.05, 0.1) is 23.9 Å². The summed E-state index contributed by atoms with van der Waals surface area (Å²) in [5.74, 6) is 0.130. The van der Waals surface area contributed by atoms with Crippen molar-refractivity contribution in [3.63, 3.8) is 0 Å². The van der Waals surface area contributed by atoms with Crippen molar-refractivity contribution in [2.45, 2.75) is 12.5 Å². The largest absolute Gasteiger partial charge is 0.489 e. The molecule has 28 heavy (non-hydrogen) atoms. The van der Waals surface area contributed by atoms with Crippen LogP contribution < -0.4 is 15.8 Å². The predicted octanol–water partition coefficient (Wildman–Crippen LogP) is 3.13. The van der Waals surface area contributed by atoms with Crippen LogP contribution in [0.25, 0.3) is 11.3 Å². The van der Waals surface area contributed by atoms with Crippen LogP contribution in [0.1, 0.15) is 11.6 Å². The van der Waals surface area contributed by atoms with E-state index in [9.17, 15) is 4.39 Å². The third-order valence-corrected chi connectivity index (χ3v) is 5.33. The topological polar surface area (TPSA) is 90.9 Å². The number of rotatable bonds is 6. The summed E-state index contributed by atoms with van der Waals surface area (Å²) in [6, 6.07) is 4.77. The van der Waals surface area contributed by atoms with Crippen molar-refractivity contribution in [2.24, 2.45) is 0 Å². The predicted molar refractivity (Wildman–Crippen MR) is 105 cm³/mol. The van der Waals surface area contributed by atoms with Crippen molar-refractivity contribution < 1.29 is 9.13 Å². The second kappa shape index (κ2) is 7.90. The summed E-state index contributed by atoms with van der Waals surface area (Å²) in [7, 11) is 0. The molecule has 10 heteroatoms. The first-order chi connectivity index (χ1) is 13.5. The maximum Gasteiger partial charge on any atom is 0.166 e. The smallest absolute Gasteiger partial charge is 0.166 e. The molecule has 3 aromatic rings. The highest BCUT2D eigenvalue weighted by molar-refractivity contribution is 6.36. The first kappa shape index (κ1) is 18.9. The van der Waals surface area contributed by atoms with Crippen molar-refractivity contribution >= 4 is 29.0 Å². The number of nitrogens with two attached hydrogens (primary N) is 1. The lowest BCUT2D eigenvalue weighted by atomic mass is 10.1. The van der Waals surface area contributed by atoms with Crippen LogP contribution in [-0.2, 0) is 6.42 Å². The molecule has 0 aliphatic carbocycles. The standard InChI is InChI=1S/C18H17Cl2FN6O/c19-13-1-2-14(21)17(20)12(13)3-4-28-16-5-10(6-24-18(16)22)15-9-27(26-25-15)11-7-23-8-11/h1-2,5-6,9,11,23H,3-4,7-8H2,(H2,22,24). The molecule has 1 fully saturated rings. The van der Waals surface area contributed by atoms with Crippen LogP contribution in [0.2, 0.25) is 10.0 Å². The van der Waals surface area contributed by atoms with Gasteiger partial charge in [-0.15, -0.1) is 5.10 Å². The van der Waals surface area contributed by atoms with Crippen molar-refractivity contribution in [1.29, 1.82) is 0 Å². The zero-order chi connectivity index (χ0) is 19.7.